The number of hydrogen-bond acceptors (Lipinski definition) is 1. The van der Waals surface area contributed by atoms with Gasteiger partial charge in [0.2, 0.25) is 5.78 Å². The number of nitrogens with zero attached hydrogens (tertiary/aromatic N) is 3. The van der Waals surface area contributed by atoms with Crippen molar-refractivity contribution in [1.82, 2.24) is 14.0 Å². The molecule has 1 saturated heterocycles. The molecular weight excluding hydrogens is 414 g/mol. The van der Waals surface area contributed by atoms with E-state index in [9.17, 15) is 0 Å². The summed E-state index contributed by atoms with van der Waals surface area (Å²) in [5.41, 5.74) is 4.70. The van der Waals surface area contributed by atoms with Gasteiger partial charge in [0.05, 0.1) is 36.9 Å². The van der Waals surface area contributed by atoms with Gasteiger partial charge >= 0.3 is 0 Å². The molecule has 3 heterocycles. The average molecular weight is 440 g/mol. The number of rotatable bonds is 4. The van der Waals surface area contributed by atoms with E-state index in [1.54, 1.807) is 9.80 Å². The van der Waals surface area contributed by atoms with Crippen LogP contribution in [0.4, 0.5) is 0 Å². The van der Waals surface area contributed by atoms with Gasteiger partial charge in [-0.1, -0.05) is 40.2 Å². The van der Waals surface area contributed by atoms with Crippen molar-refractivity contribution in [1.29, 1.82) is 0 Å². The molecule has 1 aliphatic rings. The second kappa shape index (κ2) is 7.35. The first-order chi connectivity index (χ1) is 13.7. The minimum atomic E-state index is 0.986. The molecule has 5 rings (SSSR count). The molecule has 0 saturated carbocycles. The van der Waals surface area contributed by atoms with Crippen LogP contribution in [0.5, 0.6) is 0 Å². The van der Waals surface area contributed by atoms with E-state index in [-0.39, 0.29) is 0 Å². The predicted molar refractivity (Wildman–Crippen MR) is 116 cm³/mol. The minimum absolute atomic E-state index is 0.986. The van der Waals surface area contributed by atoms with Gasteiger partial charge in [-0.15, -0.1) is 0 Å². The number of halogens is 1. The monoisotopic (exact) mass is 439 g/mol. The van der Waals surface area contributed by atoms with Crippen LogP contribution in [0, 0.1) is 0 Å². The van der Waals surface area contributed by atoms with Crippen molar-refractivity contribution in [2.45, 2.75) is 6.54 Å². The van der Waals surface area contributed by atoms with Crippen molar-refractivity contribution < 1.29 is 9.80 Å². The highest BCUT2D eigenvalue weighted by Gasteiger charge is 2.21. The summed E-state index contributed by atoms with van der Waals surface area (Å²) in [6.45, 7) is 7.18. The molecule has 6 heteroatoms. The predicted octanol–water partition coefficient (Wildman–Crippen LogP) is 1.13. The van der Waals surface area contributed by atoms with E-state index in [0.29, 0.717) is 0 Å². The molecule has 4 aromatic rings. The van der Waals surface area contributed by atoms with Crippen LogP contribution in [-0.4, -0.2) is 53.7 Å². The van der Waals surface area contributed by atoms with Gasteiger partial charge in [0, 0.05) is 10.7 Å². The summed E-state index contributed by atoms with van der Waals surface area (Å²) in [6, 6.07) is 17.0. The number of imidazole rings is 2. The van der Waals surface area contributed by atoms with Crippen LogP contribution in [0.2, 0.25) is 0 Å². The molecule has 1 aliphatic heterocycles. The van der Waals surface area contributed by atoms with E-state index in [4.69, 9.17) is 4.98 Å². The van der Waals surface area contributed by atoms with Gasteiger partial charge < -0.3 is 14.4 Å². The van der Waals surface area contributed by atoms with Crippen LogP contribution in [0.3, 0.4) is 0 Å². The molecule has 2 aromatic carbocycles. The fourth-order valence-corrected chi connectivity index (χ4v) is 4.54. The fourth-order valence-electron chi connectivity index (χ4n) is 4.27. The Balaban J connectivity index is 1.55. The van der Waals surface area contributed by atoms with Gasteiger partial charge in [-0.05, 0) is 29.8 Å². The van der Waals surface area contributed by atoms with E-state index in [1.807, 2.05) is 0 Å². The third-order valence-electron chi connectivity index (χ3n) is 6.00. The van der Waals surface area contributed by atoms with E-state index in [2.05, 4.69) is 86.7 Å². The SMILES string of the molecule is C[NH+]1CC[NH+](CCn2c(-c3ccc(Br)cc3)cn3c4ccccc4nc23)CC1. The molecule has 28 heavy (non-hydrogen) atoms. The van der Waals surface area contributed by atoms with Crippen LogP contribution in [-0.2, 0) is 6.54 Å². The van der Waals surface area contributed by atoms with Gasteiger partial charge in [-0.3, -0.25) is 4.40 Å². The number of benzene rings is 2. The number of hydrogen-bond donors (Lipinski definition) is 2. The highest BCUT2D eigenvalue weighted by atomic mass is 79.9. The van der Waals surface area contributed by atoms with Crippen molar-refractivity contribution in [3.05, 3.63) is 59.2 Å². The van der Waals surface area contributed by atoms with Gasteiger partial charge in [0.1, 0.15) is 26.2 Å². The van der Waals surface area contributed by atoms with E-state index in [0.717, 1.165) is 28.9 Å². The van der Waals surface area contributed by atoms with Crippen molar-refractivity contribution in [2.24, 2.45) is 0 Å². The number of aromatic nitrogens is 3. The zero-order valence-electron chi connectivity index (χ0n) is 16.2. The molecule has 2 aromatic heterocycles. The summed E-state index contributed by atoms with van der Waals surface area (Å²) in [6.07, 6.45) is 2.25. The second-order valence-corrected chi connectivity index (χ2v) is 8.82. The molecule has 0 spiro atoms. The third kappa shape index (κ3) is 3.26. The highest BCUT2D eigenvalue weighted by Crippen LogP contribution is 2.27. The largest absolute Gasteiger partial charge is 0.328 e. The molecule has 144 valence electrons. The lowest BCUT2D eigenvalue weighted by molar-refractivity contribution is -1.00. The topological polar surface area (TPSA) is 31.1 Å². The molecule has 0 atom stereocenters. The molecule has 0 bridgehead atoms. The Morgan fingerprint density at radius 2 is 1.75 bits per heavy atom. The average Bonchev–Trinajstić information content (AvgIpc) is 3.24. The summed E-state index contributed by atoms with van der Waals surface area (Å²) >= 11 is 3.55. The summed E-state index contributed by atoms with van der Waals surface area (Å²) in [4.78, 5) is 8.32. The normalized spacial score (nSPS) is 20.2. The number of fused-ring (bicyclic) bond motifs is 3. The van der Waals surface area contributed by atoms with Crippen molar-refractivity contribution in [2.75, 3.05) is 39.8 Å². The molecule has 1 fully saturated rings. The second-order valence-electron chi connectivity index (χ2n) is 7.90. The Morgan fingerprint density at radius 3 is 2.54 bits per heavy atom. The number of piperazine rings is 1. The molecule has 2 N–H and O–H groups in total. The Kier molecular flexibility index (Phi) is 4.70. The van der Waals surface area contributed by atoms with Crippen molar-refractivity contribution in [3.63, 3.8) is 0 Å². The molecule has 0 amide bonds. The first kappa shape index (κ1) is 17.9. The smallest absolute Gasteiger partial charge is 0.215 e. The fraction of sp³-hybridized carbons (Fsp3) is 0.318. The number of likely N-dealkylation sites (N-methyl/N-ethyl adjacent to an activating group) is 1. The van der Waals surface area contributed by atoms with Gasteiger partial charge in [0.25, 0.3) is 0 Å². The number of para-hydroxylation sites is 2. The summed E-state index contributed by atoms with van der Waals surface area (Å²) < 4.78 is 5.76. The van der Waals surface area contributed by atoms with E-state index < -0.39 is 0 Å². The third-order valence-corrected chi connectivity index (χ3v) is 6.53. The maximum absolute atomic E-state index is 4.96. The molecular formula is C22H26BrN5+2. The first-order valence-electron chi connectivity index (χ1n) is 10.1. The number of nitrogens with one attached hydrogen (secondary N) is 2. The Bertz CT molecular complexity index is 1100. The van der Waals surface area contributed by atoms with Crippen molar-refractivity contribution in [3.8, 4) is 11.3 Å². The molecule has 0 radical (unpaired) electrons. The van der Waals surface area contributed by atoms with Crippen LogP contribution in [0.1, 0.15) is 0 Å². The summed E-state index contributed by atoms with van der Waals surface area (Å²) in [5, 5.41) is 0. The lowest BCUT2D eigenvalue weighted by atomic mass is 10.1. The lowest BCUT2D eigenvalue weighted by Crippen LogP contribution is -3.27. The molecule has 0 aliphatic carbocycles. The van der Waals surface area contributed by atoms with Gasteiger partial charge in [-0.2, -0.15) is 0 Å². The lowest BCUT2D eigenvalue weighted by Gasteiger charge is -2.27. The van der Waals surface area contributed by atoms with Gasteiger partial charge in [-0.25, -0.2) is 4.98 Å². The zero-order chi connectivity index (χ0) is 19.1. The van der Waals surface area contributed by atoms with Gasteiger partial charge in [0.15, 0.2) is 0 Å². The zero-order valence-corrected chi connectivity index (χ0v) is 17.7. The summed E-state index contributed by atoms with van der Waals surface area (Å²) in [7, 11) is 2.30. The Hall–Kier alpha value is -2.15. The van der Waals surface area contributed by atoms with Crippen LogP contribution >= 0.6 is 15.9 Å². The molecule has 5 nitrogen and oxygen atoms in total. The Labute approximate surface area is 173 Å². The van der Waals surface area contributed by atoms with Crippen LogP contribution in [0.25, 0.3) is 28.1 Å². The van der Waals surface area contributed by atoms with Crippen LogP contribution < -0.4 is 9.80 Å². The summed E-state index contributed by atoms with van der Waals surface area (Å²) in [5.74, 6) is 1.04. The van der Waals surface area contributed by atoms with E-state index in [1.165, 1.54) is 43.0 Å². The maximum atomic E-state index is 4.96. The Morgan fingerprint density at radius 1 is 1.00 bits per heavy atom. The van der Waals surface area contributed by atoms with Crippen molar-refractivity contribution >= 4 is 32.7 Å². The minimum Gasteiger partial charge on any atom is -0.328 e. The molecule has 0 unspecified atom stereocenters. The van der Waals surface area contributed by atoms with Crippen LogP contribution in [0.15, 0.2) is 59.2 Å². The quantitative estimate of drug-likeness (QED) is 0.490. The number of quaternary nitrogens is 2. The first-order valence-corrected chi connectivity index (χ1v) is 10.9. The standard InChI is InChI=1S/C22H24BrN5/c1-25-10-12-26(13-11-25)14-15-27-21(17-6-8-18(23)9-7-17)16-28-20-5-3-2-4-19(20)24-22(27)28/h2-9,16H,10-15H2,1H3/p+2. The van der Waals surface area contributed by atoms with E-state index >= 15 is 0 Å². The maximum Gasteiger partial charge on any atom is 0.215 e. The highest BCUT2D eigenvalue weighted by molar-refractivity contribution is 9.10.